The third-order valence-electron chi connectivity index (χ3n) is 7.60. The van der Waals surface area contributed by atoms with Crippen molar-refractivity contribution in [3.8, 4) is 0 Å². The predicted molar refractivity (Wildman–Crippen MR) is 152 cm³/mol. The smallest absolute Gasteiger partial charge is 0.133 e. The Bertz CT molecular complexity index is 1020. The number of nitrogens with one attached hydrogen (secondary N) is 1. The summed E-state index contributed by atoms with van der Waals surface area (Å²) in [6.07, 6.45) is 6.13. The molecular formula is C30H46FN5O2. The summed E-state index contributed by atoms with van der Waals surface area (Å²) in [7, 11) is 4.17. The minimum atomic E-state index is -0.192. The summed E-state index contributed by atoms with van der Waals surface area (Å²) in [5.41, 5.74) is 4.77. The van der Waals surface area contributed by atoms with Gasteiger partial charge in [-0.15, -0.1) is 0 Å². The molecular weight excluding hydrogens is 481 g/mol. The Morgan fingerprint density at radius 1 is 1.18 bits per heavy atom. The van der Waals surface area contributed by atoms with Gasteiger partial charge >= 0.3 is 0 Å². The Labute approximate surface area is 228 Å². The number of aliphatic hydroxyl groups is 1. The predicted octanol–water partition coefficient (Wildman–Crippen LogP) is 3.09. The summed E-state index contributed by atoms with van der Waals surface area (Å²) in [5.74, 6) is -0.192. The van der Waals surface area contributed by atoms with Crippen LogP contribution < -0.4 is 10.2 Å². The quantitative estimate of drug-likeness (QED) is 0.579. The second-order valence-corrected chi connectivity index (χ2v) is 11.5. The molecule has 0 aliphatic carbocycles. The second-order valence-electron chi connectivity index (χ2n) is 11.5. The van der Waals surface area contributed by atoms with E-state index in [1.165, 1.54) is 41.9 Å². The lowest BCUT2D eigenvalue weighted by atomic mass is 9.91. The van der Waals surface area contributed by atoms with Gasteiger partial charge in [-0.05, 0) is 69.1 Å². The Kier molecular flexibility index (Phi) is 11.2. The number of pyridine rings is 1. The molecule has 0 saturated carbocycles. The van der Waals surface area contributed by atoms with Crippen molar-refractivity contribution in [2.45, 2.75) is 57.5 Å². The topological polar surface area (TPSA) is 71.9 Å². The van der Waals surface area contributed by atoms with E-state index in [0.29, 0.717) is 25.2 Å². The number of aldehydes is 1. The number of fused-ring (bicyclic) bond motifs is 1. The molecule has 3 aliphatic rings. The molecule has 2 atom stereocenters. The molecule has 0 spiro atoms. The van der Waals surface area contributed by atoms with Gasteiger partial charge in [0.15, 0.2) is 0 Å². The molecule has 1 unspecified atom stereocenters. The van der Waals surface area contributed by atoms with Crippen molar-refractivity contribution in [3.05, 3.63) is 59.2 Å². The van der Waals surface area contributed by atoms with Crippen LogP contribution in [0.15, 0.2) is 36.5 Å². The van der Waals surface area contributed by atoms with Crippen molar-refractivity contribution in [2.75, 3.05) is 64.9 Å². The molecule has 3 aliphatic heterocycles. The zero-order valence-electron chi connectivity index (χ0n) is 23.8. The Hall–Kier alpha value is -2.39. The van der Waals surface area contributed by atoms with Crippen LogP contribution in [0.25, 0.3) is 0 Å². The van der Waals surface area contributed by atoms with Crippen molar-refractivity contribution in [3.63, 3.8) is 0 Å². The van der Waals surface area contributed by atoms with E-state index >= 15 is 0 Å². The first kappa shape index (κ1) is 30.2. The van der Waals surface area contributed by atoms with E-state index in [0.717, 1.165) is 51.0 Å². The van der Waals surface area contributed by atoms with Gasteiger partial charge in [0.25, 0.3) is 0 Å². The Balaban J connectivity index is 0.000000185. The SMILES string of the molecule is CN1CC(C)(C)c2ncc(Cc3ccc(F)cc3)cc21.CN1CCCC1CO.C[C@@H]1CN(CC=O)CCN1. The zero-order chi connectivity index (χ0) is 27.7. The van der Waals surface area contributed by atoms with Crippen LogP contribution in [0.2, 0.25) is 0 Å². The first-order valence-electron chi connectivity index (χ1n) is 13.8. The lowest BCUT2D eigenvalue weighted by Gasteiger charge is -2.30. The average Bonchev–Trinajstić information content (AvgIpc) is 3.40. The second kappa shape index (κ2) is 14.1. The number of hydrogen-bond donors (Lipinski definition) is 2. The van der Waals surface area contributed by atoms with Crippen molar-refractivity contribution in [1.82, 2.24) is 20.1 Å². The lowest BCUT2D eigenvalue weighted by molar-refractivity contribution is -0.109. The molecule has 38 heavy (non-hydrogen) atoms. The van der Waals surface area contributed by atoms with E-state index in [1.54, 1.807) is 0 Å². The van der Waals surface area contributed by atoms with Crippen molar-refractivity contribution >= 4 is 12.0 Å². The number of anilines is 1. The van der Waals surface area contributed by atoms with E-state index in [1.807, 2.05) is 18.3 Å². The van der Waals surface area contributed by atoms with Gasteiger partial charge in [-0.1, -0.05) is 26.0 Å². The van der Waals surface area contributed by atoms with E-state index < -0.39 is 0 Å². The highest BCUT2D eigenvalue weighted by atomic mass is 19.1. The van der Waals surface area contributed by atoms with Crippen LogP contribution in [0.5, 0.6) is 0 Å². The first-order valence-corrected chi connectivity index (χ1v) is 13.8. The summed E-state index contributed by atoms with van der Waals surface area (Å²) >= 11 is 0. The van der Waals surface area contributed by atoms with Crippen LogP contribution >= 0.6 is 0 Å². The van der Waals surface area contributed by atoms with E-state index in [-0.39, 0.29) is 11.2 Å². The minimum Gasteiger partial charge on any atom is -0.395 e. The average molecular weight is 528 g/mol. The van der Waals surface area contributed by atoms with E-state index in [9.17, 15) is 9.18 Å². The van der Waals surface area contributed by atoms with Gasteiger partial charge in [0.1, 0.15) is 12.1 Å². The fourth-order valence-electron chi connectivity index (χ4n) is 5.49. The van der Waals surface area contributed by atoms with Crippen LogP contribution in [0.4, 0.5) is 10.1 Å². The molecule has 8 heteroatoms. The maximum atomic E-state index is 12.9. The van der Waals surface area contributed by atoms with Crippen molar-refractivity contribution in [1.29, 1.82) is 0 Å². The number of benzene rings is 1. The van der Waals surface area contributed by atoms with Crippen LogP contribution in [0, 0.1) is 5.82 Å². The monoisotopic (exact) mass is 527 g/mol. The third kappa shape index (κ3) is 8.56. The molecule has 4 heterocycles. The highest BCUT2D eigenvalue weighted by Crippen LogP contribution is 2.38. The fraction of sp³-hybridized carbons (Fsp3) is 0.600. The number of carbonyl (C=O) groups is 1. The maximum absolute atomic E-state index is 12.9. The number of carbonyl (C=O) groups excluding carboxylic acids is 1. The highest BCUT2D eigenvalue weighted by Gasteiger charge is 2.34. The summed E-state index contributed by atoms with van der Waals surface area (Å²) in [4.78, 5) is 21.4. The van der Waals surface area contributed by atoms with Gasteiger partial charge in [0.2, 0.25) is 0 Å². The normalized spacial score (nSPS) is 22.7. The lowest BCUT2D eigenvalue weighted by Crippen LogP contribution is -2.49. The molecule has 5 rings (SSSR count). The number of likely N-dealkylation sites (N-methyl/N-ethyl adjacent to an activating group) is 2. The minimum absolute atomic E-state index is 0.110. The summed E-state index contributed by atoms with van der Waals surface area (Å²) in [6.45, 7) is 12.7. The number of hydrogen-bond acceptors (Lipinski definition) is 7. The summed E-state index contributed by atoms with van der Waals surface area (Å²) < 4.78 is 12.9. The van der Waals surface area contributed by atoms with Gasteiger partial charge in [-0.3, -0.25) is 9.88 Å². The molecule has 2 saturated heterocycles. The molecule has 1 aromatic carbocycles. The molecule has 2 N–H and O–H groups in total. The van der Waals surface area contributed by atoms with E-state index in [4.69, 9.17) is 5.11 Å². The maximum Gasteiger partial charge on any atom is 0.133 e. The van der Waals surface area contributed by atoms with Gasteiger partial charge < -0.3 is 25.0 Å². The number of nitrogens with zero attached hydrogens (tertiary/aromatic N) is 4. The summed E-state index contributed by atoms with van der Waals surface area (Å²) in [6, 6.07) is 9.87. The Morgan fingerprint density at radius 2 is 1.92 bits per heavy atom. The van der Waals surface area contributed by atoms with Crippen molar-refractivity contribution in [2.24, 2.45) is 0 Å². The number of aromatic nitrogens is 1. The number of halogens is 1. The fourth-order valence-corrected chi connectivity index (χ4v) is 5.49. The van der Waals surface area contributed by atoms with Crippen LogP contribution in [0.3, 0.4) is 0 Å². The van der Waals surface area contributed by atoms with Crippen molar-refractivity contribution < 1.29 is 14.3 Å². The molecule has 210 valence electrons. The first-order chi connectivity index (χ1) is 18.1. The highest BCUT2D eigenvalue weighted by molar-refractivity contribution is 5.60. The van der Waals surface area contributed by atoms with Gasteiger partial charge in [-0.2, -0.15) is 0 Å². The number of piperazine rings is 1. The standard InChI is InChI=1S/C17H19FN2.C7H14N2O.C6H13NO/c1-17(2)11-20(3)15-9-13(10-19-16(15)17)8-12-4-6-14(18)7-5-12;1-7-6-9(4-5-10)3-2-8-7;1-7-4-2-3-6(7)5-8/h4-7,9-10H,8,11H2,1-3H3;5,7-8H,2-4,6H2,1H3;6,8H,2-5H2,1H3/t;7-;/m.1./s1. The van der Waals surface area contributed by atoms with Gasteiger partial charge in [0.05, 0.1) is 24.5 Å². The molecule has 0 radical (unpaired) electrons. The van der Waals surface area contributed by atoms with Crippen LogP contribution in [-0.4, -0.2) is 98.2 Å². The van der Waals surface area contributed by atoms with Crippen LogP contribution in [0.1, 0.15) is 50.4 Å². The number of aliphatic hydroxyl groups excluding tert-OH is 1. The molecule has 2 fully saturated rings. The Morgan fingerprint density at radius 3 is 2.50 bits per heavy atom. The van der Waals surface area contributed by atoms with E-state index in [2.05, 4.69) is 65.9 Å². The summed E-state index contributed by atoms with van der Waals surface area (Å²) in [5, 5.41) is 12.0. The molecule has 2 aromatic rings. The van der Waals surface area contributed by atoms with Gasteiger partial charge in [-0.25, -0.2) is 4.39 Å². The third-order valence-corrected chi connectivity index (χ3v) is 7.60. The number of likely N-dealkylation sites (tertiary alicyclic amines) is 1. The molecule has 1 aromatic heterocycles. The van der Waals surface area contributed by atoms with Gasteiger partial charge in [0, 0.05) is 56.9 Å². The molecule has 0 amide bonds. The molecule has 0 bridgehead atoms. The molecule has 7 nitrogen and oxygen atoms in total. The zero-order valence-corrected chi connectivity index (χ0v) is 23.8. The largest absolute Gasteiger partial charge is 0.395 e. The van der Waals surface area contributed by atoms with Crippen LogP contribution in [-0.2, 0) is 16.6 Å². The number of rotatable bonds is 5.